The lowest BCUT2D eigenvalue weighted by molar-refractivity contribution is 1.06. The van der Waals surface area contributed by atoms with E-state index in [1.54, 1.807) is 0 Å². The van der Waals surface area contributed by atoms with E-state index in [1.807, 2.05) is 6.07 Å². The first kappa shape index (κ1) is 8.86. The van der Waals surface area contributed by atoms with Gasteiger partial charge in [-0.1, -0.05) is 47.4 Å². The van der Waals surface area contributed by atoms with Gasteiger partial charge in [-0.05, 0) is 17.9 Å². The third-order valence-corrected chi connectivity index (χ3v) is 2.37. The van der Waals surface area contributed by atoms with Crippen molar-refractivity contribution in [2.24, 2.45) is 0 Å². The summed E-state index contributed by atoms with van der Waals surface area (Å²) in [6, 6.07) is 8.42. The summed E-state index contributed by atoms with van der Waals surface area (Å²) < 4.78 is 1.16. The van der Waals surface area contributed by atoms with E-state index in [9.17, 15) is 0 Å². The van der Waals surface area contributed by atoms with Crippen LogP contribution in [0.1, 0.15) is 18.3 Å². The van der Waals surface area contributed by atoms with Crippen LogP contribution in [0.25, 0.3) is 0 Å². The van der Waals surface area contributed by atoms with Crippen LogP contribution in [0.15, 0.2) is 28.7 Å². The van der Waals surface area contributed by atoms with Crippen LogP contribution in [0, 0.1) is 0 Å². The fourth-order valence-electron chi connectivity index (χ4n) is 0.982. The van der Waals surface area contributed by atoms with E-state index in [2.05, 4.69) is 55.2 Å². The Hall–Kier alpha value is -0.235. The normalized spacial score (nSPS) is 12.6. The second-order valence-electron chi connectivity index (χ2n) is 2.68. The Morgan fingerprint density at radius 2 is 2.18 bits per heavy atom. The molecule has 1 aromatic carbocycles. The van der Waals surface area contributed by atoms with Crippen molar-refractivity contribution in [3.63, 3.8) is 0 Å². The van der Waals surface area contributed by atoms with Crippen molar-refractivity contribution in [3.05, 3.63) is 34.3 Å². The lowest BCUT2D eigenvalue weighted by Gasteiger charge is -2.07. The van der Waals surface area contributed by atoms with Gasteiger partial charge < -0.3 is 0 Å². The van der Waals surface area contributed by atoms with E-state index in [0.29, 0.717) is 5.82 Å². The van der Waals surface area contributed by atoms with Crippen LogP contribution in [-0.2, 0) is 0 Å². The summed E-state index contributed by atoms with van der Waals surface area (Å²) in [5, 5.41) is 0. The molecule has 1 unspecified atom stereocenters. The SMILES string of the molecule is C[B]C(C)c1cccc(Br)c1. The monoisotopic (exact) mass is 209 g/mol. The van der Waals surface area contributed by atoms with Crippen LogP contribution in [-0.4, -0.2) is 7.28 Å². The zero-order chi connectivity index (χ0) is 8.27. The predicted octanol–water partition coefficient (Wildman–Crippen LogP) is 3.26. The van der Waals surface area contributed by atoms with Gasteiger partial charge in [0.25, 0.3) is 0 Å². The minimum Gasteiger partial charge on any atom is -0.0914 e. The maximum Gasteiger partial charge on any atom is 0.115 e. The molecule has 0 saturated heterocycles. The Balaban J connectivity index is 2.86. The molecule has 1 rings (SSSR count). The fourth-order valence-corrected chi connectivity index (χ4v) is 1.40. The van der Waals surface area contributed by atoms with Gasteiger partial charge >= 0.3 is 0 Å². The van der Waals surface area contributed by atoms with Crippen molar-refractivity contribution in [1.82, 2.24) is 0 Å². The highest BCUT2D eigenvalue weighted by molar-refractivity contribution is 9.10. The molecular weight excluding hydrogens is 199 g/mol. The highest BCUT2D eigenvalue weighted by Crippen LogP contribution is 2.18. The van der Waals surface area contributed by atoms with Gasteiger partial charge in [0.1, 0.15) is 7.28 Å². The number of rotatable bonds is 2. The van der Waals surface area contributed by atoms with Crippen molar-refractivity contribution in [1.29, 1.82) is 0 Å². The average molecular weight is 210 g/mol. The molecule has 0 saturated carbocycles. The van der Waals surface area contributed by atoms with Gasteiger partial charge in [0.05, 0.1) is 0 Å². The van der Waals surface area contributed by atoms with Gasteiger partial charge in [-0.2, -0.15) is 0 Å². The molecule has 0 nitrogen and oxygen atoms in total. The maximum atomic E-state index is 3.45. The minimum atomic E-state index is 0.549. The molecule has 0 aliphatic carbocycles. The molecule has 0 aliphatic heterocycles. The van der Waals surface area contributed by atoms with Crippen molar-refractivity contribution < 1.29 is 0 Å². The van der Waals surface area contributed by atoms with E-state index < -0.39 is 0 Å². The molecule has 0 aliphatic rings. The smallest absolute Gasteiger partial charge is 0.0914 e. The van der Waals surface area contributed by atoms with Gasteiger partial charge in [-0.25, -0.2) is 0 Å². The van der Waals surface area contributed by atoms with Crippen LogP contribution in [0.4, 0.5) is 0 Å². The van der Waals surface area contributed by atoms with Crippen LogP contribution < -0.4 is 0 Å². The van der Waals surface area contributed by atoms with Crippen LogP contribution in [0.5, 0.6) is 0 Å². The second kappa shape index (κ2) is 3.96. The molecule has 1 atom stereocenters. The van der Waals surface area contributed by atoms with Gasteiger partial charge in [-0.3, -0.25) is 0 Å². The molecule has 0 spiro atoms. The summed E-state index contributed by atoms with van der Waals surface area (Å²) in [6.07, 6.45) is 0. The molecule has 57 valence electrons. The molecule has 1 aromatic rings. The number of hydrogen-bond donors (Lipinski definition) is 0. The summed E-state index contributed by atoms with van der Waals surface area (Å²) in [7, 11) is 2.20. The third-order valence-electron chi connectivity index (χ3n) is 1.87. The number of hydrogen-bond acceptors (Lipinski definition) is 0. The average Bonchev–Trinajstić information content (AvgIpc) is 2.03. The molecular formula is C9H11BBr. The summed E-state index contributed by atoms with van der Waals surface area (Å²) in [6.45, 7) is 4.29. The molecule has 1 radical (unpaired) electrons. The zero-order valence-electron chi connectivity index (χ0n) is 6.84. The Bertz CT molecular complexity index is 235. The topological polar surface area (TPSA) is 0 Å². The minimum absolute atomic E-state index is 0.549. The van der Waals surface area contributed by atoms with Crippen LogP contribution >= 0.6 is 15.9 Å². The molecule has 0 bridgehead atoms. The molecule has 2 heteroatoms. The van der Waals surface area contributed by atoms with Crippen molar-refractivity contribution in [2.45, 2.75) is 19.6 Å². The van der Waals surface area contributed by atoms with Crippen LogP contribution in [0.2, 0.25) is 6.82 Å². The number of benzene rings is 1. The van der Waals surface area contributed by atoms with E-state index in [4.69, 9.17) is 0 Å². The quantitative estimate of drug-likeness (QED) is 0.657. The fraction of sp³-hybridized carbons (Fsp3) is 0.333. The Morgan fingerprint density at radius 3 is 2.73 bits per heavy atom. The lowest BCUT2D eigenvalue weighted by atomic mass is 9.65. The molecule has 11 heavy (non-hydrogen) atoms. The van der Waals surface area contributed by atoms with Crippen molar-refractivity contribution in [3.8, 4) is 0 Å². The van der Waals surface area contributed by atoms with Crippen molar-refractivity contribution >= 4 is 23.2 Å². The molecule has 0 amide bonds. The first-order valence-corrected chi connectivity index (χ1v) is 4.58. The van der Waals surface area contributed by atoms with Gasteiger partial charge in [0.15, 0.2) is 0 Å². The molecule has 0 aromatic heterocycles. The summed E-state index contributed by atoms with van der Waals surface area (Å²) in [5.41, 5.74) is 1.36. The third kappa shape index (κ3) is 2.37. The highest BCUT2D eigenvalue weighted by atomic mass is 79.9. The Kier molecular flexibility index (Phi) is 3.19. The highest BCUT2D eigenvalue weighted by Gasteiger charge is 2.02. The van der Waals surface area contributed by atoms with Gasteiger partial charge in [0, 0.05) is 4.47 Å². The van der Waals surface area contributed by atoms with Crippen molar-refractivity contribution in [2.75, 3.05) is 0 Å². The largest absolute Gasteiger partial charge is 0.115 e. The Labute approximate surface area is 77.4 Å². The van der Waals surface area contributed by atoms with E-state index >= 15 is 0 Å². The van der Waals surface area contributed by atoms with Gasteiger partial charge in [-0.15, -0.1) is 0 Å². The van der Waals surface area contributed by atoms with Gasteiger partial charge in [0.2, 0.25) is 0 Å². The number of halogens is 1. The molecule has 0 N–H and O–H groups in total. The summed E-state index contributed by atoms with van der Waals surface area (Å²) >= 11 is 3.45. The van der Waals surface area contributed by atoms with Crippen LogP contribution in [0.3, 0.4) is 0 Å². The second-order valence-corrected chi connectivity index (χ2v) is 3.59. The summed E-state index contributed by atoms with van der Waals surface area (Å²) in [5.74, 6) is 0.549. The van der Waals surface area contributed by atoms with E-state index in [1.165, 1.54) is 5.56 Å². The van der Waals surface area contributed by atoms with E-state index in [0.717, 1.165) is 4.47 Å². The first-order valence-electron chi connectivity index (χ1n) is 3.79. The predicted molar refractivity (Wildman–Crippen MR) is 54.2 cm³/mol. The first-order chi connectivity index (χ1) is 5.24. The zero-order valence-corrected chi connectivity index (χ0v) is 8.43. The summed E-state index contributed by atoms with van der Waals surface area (Å²) in [4.78, 5) is 0. The molecule has 0 heterocycles. The lowest BCUT2D eigenvalue weighted by Crippen LogP contribution is -1.98. The standard InChI is InChI=1S/C9H11BBr/c1-7(10-2)8-4-3-5-9(11)6-8/h3-7H,1-2H3. The maximum absolute atomic E-state index is 3.45. The molecule has 0 fully saturated rings. The Morgan fingerprint density at radius 1 is 1.45 bits per heavy atom. The van der Waals surface area contributed by atoms with E-state index in [-0.39, 0.29) is 0 Å².